The summed E-state index contributed by atoms with van der Waals surface area (Å²) in [6, 6.07) is 6.89. The standard InChI is InChI=1S/C16H23N3O3/c1-2-22-11-14-4-3-9-19(14)10-15(20)18-13-7-5-12(6-8-13)16(17)21/h5-8,14H,2-4,9-11H2,1H3,(H2,17,21)(H,18,20)/t14-/m1/s1. The summed E-state index contributed by atoms with van der Waals surface area (Å²) >= 11 is 0. The van der Waals surface area contributed by atoms with Crippen LogP contribution in [0.15, 0.2) is 24.3 Å². The summed E-state index contributed by atoms with van der Waals surface area (Å²) in [4.78, 5) is 25.3. The van der Waals surface area contributed by atoms with Crippen molar-refractivity contribution in [3.63, 3.8) is 0 Å². The maximum absolute atomic E-state index is 12.1. The highest BCUT2D eigenvalue weighted by Gasteiger charge is 2.26. The van der Waals surface area contributed by atoms with Crippen LogP contribution in [0.1, 0.15) is 30.1 Å². The zero-order chi connectivity index (χ0) is 15.9. The highest BCUT2D eigenvalue weighted by molar-refractivity contribution is 5.95. The SMILES string of the molecule is CCOC[C@H]1CCCN1CC(=O)Nc1ccc(C(N)=O)cc1. The highest BCUT2D eigenvalue weighted by Crippen LogP contribution is 2.17. The second-order valence-electron chi connectivity index (χ2n) is 5.42. The Bertz CT molecular complexity index is 516. The van der Waals surface area contributed by atoms with Gasteiger partial charge in [0.05, 0.1) is 13.2 Å². The summed E-state index contributed by atoms with van der Waals surface area (Å²) in [6.45, 7) is 4.63. The first kappa shape index (κ1) is 16.5. The summed E-state index contributed by atoms with van der Waals surface area (Å²) in [5.41, 5.74) is 6.27. The molecule has 22 heavy (non-hydrogen) atoms. The molecule has 1 atom stereocenters. The van der Waals surface area contributed by atoms with E-state index < -0.39 is 5.91 Å². The maximum Gasteiger partial charge on any atom is 0.248 e. The van der Waals surface area contributed by atoms with Gasteiger partial charge in [0.2, 0.25) is 11.8 Å². The van der Waals surface area contributed by atoms with Crippen LogP contribution in [0.4, 0.5) is 5.69 Å². The third kappa shape index (κ3) is 4.54. The van der Waals surface area contributed by atoms with Crippen LogP contribution in [-0.4, -0.2) is 49.1 Å². The van der Waals surface area contributed by atoms with E-state index in [2.05, 4.69) is 10.2 Å². The molecule has 0 saturated carbocycles. The first-order chi connectivity index (χ1) is 10.6. The lowest BCUT2D eigenvalue weighted by Crippen LogP contribution is -2.39. The Morgan fingerprint density at radius 2 is 2.09 bits per heavy atom. The number of amides is 2. The van der Waals surface area contributed by atoms with E-state index in [0.717, 1.165) is 19.4 Å². The molecule has 0 radical (unpaired) electrons. The van der Waals surface area contributed by atoms with Crippen LogP contribution in [0.25, 0.3) is 0 Å². The number of rotatable bonds is 7. The van der Waals surface area contributed by atoms with Crippen molar-refractivity contribution in [2.24, 2.45) is 5.73 Å². The van der Waals surface area contributed by atoms with Gasteiger partial charge in [-0.05, 0) is 50.6 Å². The number of likely N-dealkylation sites (tertiary alicyclic amines) is 1. The number of primary amides is 1. The van der Waals surface area contributed by atoms with E-state index in [1.54, 1.807) is 24.3 Å². The second-order valence-corrected chi connectivity index (χ2v) is 5.42. The smallest absolute Gasteiger partial charge is 0.248 e. The molecular formula is C16H23N3O3. The molecule has 1 aliphatic rings. The molecule has 0 aliphatic carbocycles. The van der Waals surface area contributed by atoms with Gasteiger partial charge in [0.15, 0.2) is 0 Å². The van der Waals surface area contributed by atoms with Crippen LogP contribution in [0.5, 0.6) is 0 Å². The summed E-state index contributed by atoms with van der Waals surface area (Å²) < 4.78 is 5.47. The molecule has 0 spiro atoms. The van der Waals surface area contributed by atoms with Crippen molar-refractivity contribution in [1.29, 1.82) is 0 Å². The van der Waals surface area contributed by atoms with Gasteiger partial charge in [-0.25, -0.2) is 0 Å². The number of benzene rings is 1. The lowest BCUT2D eigenvalue weighted by molar-refractivity contribution is -0.117. The van der Waals surface area contributed by atoms with E-state index in [9.17, 15) is 9.59 Å². The van der Waals surface area contributed by atoms with Gasteiger partial charge in [-0.3, -0.25) is 14.5 Å². The Kier molecular flexibility index (Phi) is 5.91. The molecule has 0 bridgehead atoms. The van der Waals surface area contributed by atoms with Gasteiger partial charge in [-0.1, -0.05) is 0 Å². The van der Waals surface area contributed by atoms with Gasteiger partial charge >= 0.3 is 0 Å². The van der Waals surface area contributed by atoms with Crippen LogP contribution in [0.2, 0.25) is 0 Å². The average molecular weight is 305 g/mol. The second kappa shape index (κ2) is 7.91. The topological polar surface area (TPSA) is 84.7 Å². The average Bonchev–Trinajstić information content (AvgIpc) is 2.92. The van der Waals surface area contributed by atoms with Crippen LogP contribution in [-0.2, 0) is 9.53 Å². The monoisotopic (exact) mass is 305 g/mol. The molecule has 120 valence electrons. The number of hydrogen-bond acceptors (Lipinski definition) is 4. The molecule has 2 rings (SSSR count). The van der Waals surface area contributed by atoms with Gasteiger partial charge in [-0.15, -0.1) is 0 Å². The van der Waals surface area contributed by atoms with Gasteiger partial charge in [-0.2, -0.15) is 0 Å². The van der Waals surface area contributed by atoms with Crippen LogP contribution in [0.3, 0.4) is 0 Å². The van der Waals surface area contributed by atoms with E-state index in [1.165, 1.54) is 0 Å². The Balaban J connectivity index is 1.85. The maximum atomic E-state index is 12.1. The van der Waals surface area contributed by atoms with Crippen molar-refractivity contribution in [2.45, 2.75) is 25.8 Å². The molecule has 6 nitrogen and oxygen atoms in total. The number of carbonyl (C=O) groups excluding carboxylic acids is 2. The van der Waals surface area contributed by atoms with Gasteiger partial charge in [0.1, 0.15) is 0 Å². The fourth-order valence-electron chi connectivity index (χ4n) is 2.65. The Hall–Kier alpha value is -1.92. The highest BCUT2D eigenvalue weighted by atomic mass is 16.5. The first-order valence-corrected chi connectivity index (χ1v) is 7.61. The minimum absolute atomic E-state index is 0.0600. The largest absolute Gasteiger partial charge is 0.380 e. The van der Waals surface area contributed by atoms with Crippen molar-refractivity contribution >= 4 is 17.5 Å². The van der Waals surface area contributed by atoms with Crippen molar-refractivity contribution in [3.05, 3.63) is 29.8 Å². The number of hydrogen-bond donors (Lipinski definition) is 2. The lowest BCUT2D eigenvalue weighted by Gasteiger charge is -2.23. The van der Waals surface area contributed by atoms with Crippen molar-refractivity contribution in [2.75, 3.05) is 31.6 Å². The summed E-state index contributed by atoms with van der Waals surface area (Å²) in [5.74, 6) is -0.538. The van der Waals surface area contributed by atoms with E-state index >= 15 is 0 Å². The molecule has 1 aliphatic heterocycles. The molecule has 1 saturated heterocycles. The minimum Gasteiger partial charge on any atom is -0.380 e. The molecule has 1 fully saturated rings. The Labute approximate surface area is 130 Å². The van der Waals surface area contributed by atoms with Gasteiger partial charge in [0, 0.05) is 23.9 Å². The molecule has 6 heteroatoms. The third-order valence-electron chi connectivity index (χ3n) is 3.81. The van der Waals surface area contributed by atoms with Crippen LogP contribution >= 0.6 is 0 Å². The van der Waals surface area contributed by atoms with E-state index in [0.29, 0.717) is 37.1 Å². The molecule has 3 N–H and O–H groups in total. The van der Waals surface area contributed by atoms with E-state index in [4.69, 9.17) is 10.5 Å². The third-order valence-corrected chi connectivity index (χ3v) is 3.81. The Morgan fingerprint density at radius 3 is 2.73 bits per heavy atom. The molecule has 1 aromatic carbocycles. The molecule has 1 heterocycles. The Morgan fingerprint density at radius 1 is 1.36 bits per heavy atom. The molecular weight excluding hydrogens is 282 g/mol. The predicted octanol–water partition coefficient (Wildman–Crippen LogP) is 1.22. The predicted molar refractivity (Wildman–Crippen MR) is 84.7 cm³/mol. The number of nitrogens with two attached hydrogens (primary N) is 1. The fourth-order valence-corrected chi connectivity index (χ4v) is 2.65. The quantitative estimate of drug-likeness (QED) is 0.793. The molecule has 1 aromatic rings. The first-order valence-electron chi connectivity index (χ1n) is 7.61. The van der Waals surface area contributed by atoms with E-state index in [1.807, 2.05) is 6.92 Å². The van der Waals surface area contributed by atoms with Crippen molar-refractivity contribution in [3.8, 4) is 0 Å². The van der Waals surface area contributed by atoms with Gasteiger partial charge < -0.3 is 15.8 Å². The number of nitrogens with one attached hydrogen (secondary N) is 1. The lowest BCUT2D eigenvalue weighted by atomic mass is 10.2. The van der Waals surface area contributed by atoms with E-state index in [-0.39, 0.29) is 5.91 Å². The van der Waals surface area contributed by atoms with Crippen LogP contribution < -0.4 is 11.1 Å². The summed E-state index contributed by atoms with van der Waals surface area (Å²) in [7, 11) is 0. The van der Waals surface area contributed by atoms with Crippen LogP contribution in [0, 0.1) is 0 Å². The number of ether oxygens (including phenoxy) is 1. The number of nitrogens with zero attached hydrogens (tertiary/aromatic N) is 1. The van der Waals surface area contributed by atoms with Crippen molar-refractivity contribution in [1.82, 2.24) is 4.90 Å². The van der Waals surface area contributed by atoms with Gasteiger partial charge in [0.25, 0.3) is 0 Å². The summed E-state index contributed by atoms with van der Waals surface area (Å²) in [6.07, 6.45) is 2.17. The zero-order valence-electron chi connectivity index (χ0n) is 12.9. The molecule has 2 amide bonds. The summed E-state index contributed by atoms with van der Waals surface area (Å²) in [5, 5.41) is 2.84. The molecule has 0 aromatic heterocycles. The zero-order valence-corrected chi connectivity index (χ0v) is 12.9. The normalized spacial score (nSPS) is 18.3. The number of anilines is 1. The number of carbonyl (C=O) groups is 2. The van der Waals surface area contributed by atoms with Crippen molar-refractivity contribution < 1.29 is 14.3 Å². The fraction of sp³-hybridized carbons (Fsp3) is 0.500. The molecule has 0 unspecified atom stereocenters. The minimum atomic E-state index is -0.478.